The number of hydrogen-bond acceptors (Lipinski definition) is 6. The van der Waals surface area contributed by atoms with Crippen LogP contribution in [0.2, 0.25) is 5.02 Å². The molecule has 3 rings (SSSR count). The van der Waals surface area contributed by atoms with E-state index in [9.17, 15) is 14.0 Å². The Balaban J connectivity index is 0.00000155. The first-order valence-corrected chi connectivity index (χ1v) is 8.93. The lowest BCUT2D eigenvalue weighted by Gasteiger charge is -2.13. The van der Waals surface area contributed by atoms with Gasteiger partial charge in [-0.15, -0.1) is 0 Å². The van der Waals surface area contributed by atoms with E-state index >= 15 is 0 Å². The minimum atomic E-state index is -1.06. The Hall–Kier alpha value is -3.56. The molecule has 10 heteroatoms. The van der Waals surface area contributed by atoms with Gasteiger partial charge in [0.15, 0.2) is 18.3 Å². The maximum absolute atomic E-state index is 13.0. The van der Waals surface area contributed by atoms with Gasteiger partial charge in [-0.1, -0.05) is 11.6 Å². The molecule has 1 amide bonds. The van der Waals surface area contributed by atoms with Crippen LogP contribution in [0.4, 0.5) is 15.8 Å². The van der Waals surface area contributed by atoms with Gasteiger partial charge in [-0.3, -0.25) is 4.79 Å². The average Bonchev–Trinajstić information content (AvgIpc) is 2.75. The van der Waals surface area contributed by atoms with Crippen LogP contribution in [0.15, 0.2) is 66.7 Å². The van der Waals surface area contributed by atoms with E-state index in [-0.39, 0.29) is 11.1 Å². The number of nitrogens with one attached hydrogen (secondary N) is 2. The summed E-state index contributed by atoms with van der Waals surface area (Å²) >= 11 is 8.83. The molecule has 0 bridgehead atoms. The van der Waals surface area contributed by atoms with Crippen LogP contribution in [0.25, 0.3) is 0 Å². The van der Waals surface area contributed by atoms with E-state index in [1.807, 2.05) is 0 Å². The molecule has 3 aromatic carbocycles. The molecule has 0 atom stereocenters. The summed E-state index contributed by atoms with van der Waals surface area (Å²) in [5.74, 6) is -1.58. The van der Waals surface area contributed by atoms with Gasteiger partial charge < -0.3 is 15.3 Å². The van der Waals surface area contributed by atoms with Crippen LogP contribution in [-0.4, -0.2) is 21.2 Å². The molecule has 0 spiro atoms. The summed E-state index contributed by atoms with van der Waals surface area (Å²) in [6.45, 7) is 0. The van der Waals surface area contributed by atoms with Gasteiger partial charge in [-0.25, -0.2) is 14.7 Å². The van der Waals surface area contributed by atoms with E-state index in [4.69, 9.17) is 25.8 Å². The highest BCUT2D eigenvalue weighted by atomic mass is 35.5. The highest BCUT2D eigenvalue weighted by Crippen LogP contribution is 2.23. The van der Waals surface area contributed by atoms with Gasteiger partial charge in [0.25, 0.3) is 5.91 Å². The molecule has 0 heterocycles. The highest BCUT2D eigenvalue weighted by Gasteiger charge is 2.14. The second-order valence-electron chi connectivity index (χ2n) is 5.68. The van der Waals surface area contributed by atoms with E-state index in [1.54, 1.807) is 12.1 Å². The third kappa shape index (κ3) is 6.23. The molecule has 0 radical (unpaired) electrons. The third-order valence-corrected chi connectivity index (χ3v) is 3.94. The zero-order chi connectivity index (χ0) is 22.1. The van der Waals surface area contributed by atoms with Crippen molar-refractivity contribution in [1.29, 1.82) is 0 Å². The van der Waals surface area contributed by atoms with Gasteiger partial charge in [0, 0.05) is 10.7 Å². The largest absolute Gasteiger partial charge is 0.478 e. The van der Waals surface area contributed by atoms with Crippen LogP contribution >= 0.6 is 11.6 Å². The Morgan fingerprint density at radius 3 is 2.20 bits per heavy atom. The van der Waals surface area contributed by atoms with Gasteiger partial charge in [-0.2, -0.15) is 4.21 Å². The predicted octanol–water partition coefficient (Wildman–Crippen LogP) is 4.50. The van der Waals surface area contributed by atoms with Crippen molar-refractivity contribution in [3.05, 3.63) is 88.7 Å². The van der Waals surface area contributed by atoms with Crippen molar-refractivity contribution in [2.24, 2.45) is 0 Å². The smallest absolute Gasteiger partial charge is 0.335 e. The molecular weight excluding hydrogens is 435 g/mol. The second-order valence-corrected chi connectivity index (χ2v) is 6.12. The lowest BCUT2D eigenvalue weighted by Crippen LogP contribution is -2.16. The van der Waals surface area contributed by atoms with Crippen LogP contribution in [0.5, 0.6) is 5.75 Å². The number of carbonyl (C=O) groups is 2. The molecular formula is C20H14ClFN2O5S. The fourth-order valence-electron chi connectivity index (χ4n) is 2.30. The number of anilines is 2. The van der Waals surface area contributed by atoms with Crippen molar-refractivity contribution in [2.75, 3.05) is 10.8 Å². The summed E-state index contributed by atoms with van der Waals surface area (Å²) < 4.78 is 20.8. The van der Waals surface area contributed by atoms with Crippen molar-refractivity contribution < 1.29 is 28.1 Å². The molecule has 0 aliphatic rings. The van der Waals surface area contributed by atoms with Gasteiger partial charge in [-0.05, 0) is 66.7 Å². The zero-order valence-corrected chi connectivity index (χ0v) is 16.7. The third-order valence-electron chi connectivity index (χ3n) is 3.71. The quantitative estimate of drug-likeness (QED) is 0.477. The van der Waals surface area contributed by atoms with Gasteiger partial charge >= 0.3 is 5.97 Å². The topological polar surface area (TPSA) is 105 Å². The van der Waals surface area contributed by atoms with Gasteiger partial charge in [0.05, 0.1) is 16.8 Å². The van der Waals surface area contributed by atoms with Gasteiger partial charge in [0.2, 0.25) is 0 Å². The second kappa shape index (κ2) is 10.8. The lowest BCUT2D eigenvalue weighted by atomic mass is 10.1. The van der Waals surface area contributed by atoms with Crippen LogP contribution in [0.1, 0.15) is 20.7 Å². The van der Waals surface area contributed by atoms with E-state index in [0.29, 0.717) is 22.1 Å². The molecule has 0 aromatic heterocycles. The summed E-state index contributed by atoms with van der Waals surface area (Å²) in [4.78, 5) is 28.9. The van der Waals surface area contributed by atoms with Crippen molar-refractivity contribution >= 4 is 47.4 Å². The number of benzene rings is 3. The summed E-state index contributed by atoms with van der Waals surface area (Å²) in [5.41, 5.74) is 3.72. The molecule has 0 unspecified atom stereocenters. The number of carbonyl (C=O) groups excluding carboxylic acids is 1. The molecule has 0 fully saturated rings. The SMILES string of the molecule is O=C(O)c1ccc(NC(=O)c2cc(Cl)ccc2NOc2ccc(F)cc2)cc1.O=S. The molecule has 0 saturated heterocycles. The molecule has 0 aliphatic carbocycles. The summed E-state index contributed by atoms with van der Waals surface area (Å²) in [5, 5.41) is 11.9. The summed E-state index contributed by atoms with van der Waals surface area (Å²) in [6, 6.07) is 15.7. The first-order valence-electron chi connectivity index (χ1n) is 8.22. The fraction of sp³-hybridized carbons (Fsp3) is 0. The van der Waals surface area contributed by atoms with E-state index in [0.717, 1.165) is 0 Å². The molecule has 30 heavy (non-hydrogen) atoms. The first kappa shape index (κ1) is 22.7. The van der Waals surface area contributed by atoms with E-state index < -0.39 is 17.7 Å². The Labute approximate surface area is 180 Å². The zero-order valence-electron chi connectivity index (χ0n) is 15.1. The van der Waals surface area contributed by atoms with Crippen molar-refractivity contribution in [3.63, 3.8) is 0 Å². The minimum Gasteiger partial charge on any atom is -0.478 e. The van der Waals surface area contributed by atoms with Gasteiger partial charge in [0.1, 0.15) is 5.82 Å². The number of aromatic carboxylic acids is 1. The molecule has 154 valence electrons. The maximum atomic E-state index is 13.0. The van der Waals surface area contributed by atoms with Crippen LogP contribution in [0.3, 0.4) is 0 Å². The van der Waals surface area contributed by atoms with Crippen molar-refractivity contribution in [1.82, 2.24) is 0 Å². The standard InChI is InChI=1S/C20H14ClFN2O4.OS/c21-13-3-10-18(24-28-16-8-4-14(22)5-9-16)17(11-13)19(25)23-15-6-1-12(2-7-15)20(26)27;1-2/h1-11,24H,(H,23,25)(H,26,27);. The highest BCUT2D eigenvalue weighted by molar-refractivity contribution is 7.44. The number of carboxylic acid groups (broad SMARTS) is 1. The molecule has 3 N–H and O–H groups in total. The molecule has 0 saturated carbocycles. The van der Waals surface area contributed by atoms with Crippen molar-refractivity contribution in [3.8, 4) is 5.75 Å². The number of hydrogen-bond donors (Lipinski definition) is 3. The summed E-state index contributed by atoms with van der Waals surface area (Å²) in [7, 11) is 0. The number of rotatable bonds is 6. The predicted molar refractivity (Wildman–Crippen MR) is 112 cm³/mol. The number of amides is 1. The van der Waals surface area contributed by atoms with E-state index in [2.05, 4.69) is 23.3 Å². The normalized spacial score (nSPS) is 9.67. The van der Waals surface area contributed by atoms with E-state index in [1.165, 1.54) is 54.6 Å². The van der Waals surface area contributed by atoms with Crippen molar-refractivity contribution in [2.45, 2.75) is 0 Å². The van der Waals surface area contributed by atoms with Crippen LogP contribution in [-0.2, 0) is 12.5 Å². The molecule has 0 aliphatic heterocycles. The Kier molecular flexibility index (Phi) is 8.21. The number of halogens is 2. The molecule has 3 aromatic rings. The first-order chi connectivity index (χ1) is 14.4. The Bertz CT molecular complexity index is 1030. The van der Waals surface area contributed by atoms with Crippen LogP contribution < -0.4 is 15.6 Å². The summed E-state index contributed by atoms with van der Waals surface area (Å²) in [6.07, 6.45) is 0. The maximum Gasteiger partial charge on any atom is 0.335 e. The Morgan fingerprint density at radius 1 is 0.967 bits per heavy atom. The Morgan fingerprint density at radius 2 is 1.60 bits per heavy atom. The molecule has 7 nitrogen and oxygen atoms in total. The fourth-order valence-corrected chi connectivity index (χ4v) is 2.48. The minimum absolute atomic E-state index is 0.107. The average molecular weight is 449 g/mol. The lowest BCUT2D eigenvalue weighted by molar-refractivity contribution is 0.0696. The monoisotopic (exact) mass is 448 g/mol. The number of carboxylic acids is 1. The van der Waals surface area contributed by atoms with Crippen LogP contribution in [0, 0.1) is 5.82 Å².